The number of halogens is 1. The summed E-state index contributed by atoms with van der Waals surface area (Å²) < 4.78 is 12.8. The maximum Gasteiger partial charge on any atom is 0.313 e. The molecule has 24 heavy (non-hydrogen) atoms. The van der Waals surface area contributed by atoms with Crippen LogP contribution in [0.4, 0.5) is 10.1 Å². The van der Waals surface area contributed by atoms with Gasteiger partial charge in [0.25, 0.3) is 0 Å². The Labute approximate surface area is 136 Å². The van der Waals surface area contributed by atoms with E-state index in [9.17, 15) is 14.0 Å². The molecule has 0 aliphatic carbocycles. The zero-order valence-corrected chi connectivity index (χ0v) is 12.8. The Balaban J connectivity index is 1.61. The lowest BCUT2D eigenvalue weighted by atomic mass is 10.2. The Morgan fingerprint density at radius 3 is 2.71 bits per heavy atom. The Bertz CT molecular complexity index is 904. The third kappa shape index (κ3) is 3.37. The normalized spacial score (nSPS) is 10.6. The van der Waals surface area contributed by atoms with E-state index in [0.717, 1.165) is 11.1 Å². The number of benzene rings is 1. The molecule has 2 aromatic heterocycles. The monoisotopic (exact) mass is 327 g/mol. The first-order valence-corrected chi connectivity index (χ1v) is 7.17. The van der Waals surface area contributed by atoms with E-state index in [0.29, 0.717) is 16.9 Å². The fourth-order valence-electron chi connectivity index (χ4n) is 2.14. The molecule has 0 saturated heterocycles. The molecule has 0 spiro atoms. The zero-order chi connectivity index (χ0) is 17.1. The molecule has 3 rings (SSSR count). The minimum Gasteiger partial charge on any atom is -0.344 e. The van der Waals surface area contributed by atoms with Gasteiger partial charge in [0.2, 0.25) is 0 Å². The average molecular weight is 327 g/mol. The van der Waals surface area contributed by atoms with Gasteiger partial charge in [0.05, 0.1) is 11.9 Å². The van der Waals surface area contributed by atoms with Gasteiger partial charge in [0.1, 0.15) is 5.82 Å². The number of carbonyl (C=O) groups is 2. The Hall–Kier alpha value is -3.29. The Morgan fingerprint density at radius 1 is 1.21 bits per heavy atom. The van der Waals surface area contributed by atoms with Crippen molar-refractivity contribution in [2.24, 2.45) is 0 Å². The fraction of sp³-hybridized carbons (Fsp3) is 0.125. The number of carbonyl (C=O) groups excluding carboxylic acids is 2. The number of H-pyrrole nitrogens is 1. The number of amides is 2. The molecule has 7 nitrogen and oxygen atoms in total. The van der Waals surface area contributed by atoms with E-state index < -0.39 is 11.8 Å². The van der Waals surface area contributed by atoms with Crippen molar-refractivity contribution in [3.63, 3.8) is 0 Å². The van der Waals surface area contributed by atoms with Crippen LogP contribution in [0.15, 0.2) is 36.5 Å². The van der Waals surface area contributed by atoms with Crippen LogP contribution < -0.4 is 10.6 Å². The van der Waals surface area contributed by atoms with E-state index in [1.807, 2.05) is 6.92 Å². The number of hydrogen-bond acceptors (Lipinski definition) is 4. The summed E-state index contributed by atoms with van der Waals surface area (Å²) in [5.41, 5.74) is 2.43. The van der Waals surface area contributed by atoms with Crippen LogP contribution in [0.5, 0.6) is 0 Å². The molecule has 0 aliphatic rings. The van der Waals surface area contributed by atoms with E-state index in [2.05, 4.69) is 25.8 Å². The molecule has 0 atom stereocenters. The van der Waals surface area contributed by atoms with Crippen LogP contribution >= 0.6 is 0 Å². The van der Waals surface area contributed by atoms with Gasteiger partial charge in [0, 0.05) is 17.6 Å². The summed E-state index contributed by atoms with van der Waals surface area (Å²) in [5.74, 6) is -1.96. The quantitative estimate of drug-likeness (QED) is 0.637. The van der Waals surface area contributed by atoms with Crippen molar-refractivity contribution in [3.05, 3.63) is 53.6 Å². The van der Waals surface area contributed by atoms with Crippen LogP contribution in [0.2, 0.25) is 0 Å². The average Bonchev–Trinajstić information content (AvgIpc) is 2.95. The summed E-state index contributed by atoms with van der Waals surface area (Å²) in [6.07, 6.45) is 1.42. The fourth-order valence-corrected chi connectivity index (χ4v) is 2.14. The summed E-state index contributed by atoms with van der Waals surface area (Å²) in [6.45, 7) is 1.96. The lowest BCUT2D eigenvalue weighted by Gasteiger charge is -2.06. The van der Waals surface area contributed by atoms with Crippen molar-refractivity contribution >= 4 is 28.5 Å². The maximum atomic E-state index is 12.8. The predicted molar refractivity (Wildman–Crippen MR) is 85.5 cm³/mol. The van der Waals surface area contributed by atoms with Crippen molar-refractivity contribution in [1.29, 1.82) is 0 Å². The highest BCUT2D eigenvalue weighted by Crippen LogP contribution is 2.17. The highest BCUT2D eigenvalue weighted by Gasteiger charge is 2.14. The first-order chi connectivity index (χ1) is 11.5. The van der Waals surface area contributed by atoms with E-state index in [-0.39, 0.29) is 12.4 Å². The SMILES string of the molecule is Cc1[nH]nc2ncc(NC(=O)C(=O)NCc3ccc(F)cc3)cc12. The van der Waals surface area contributed by atoms with E-state index in [1.165, 1.54) is 30.5 Å². The highest BCUT2D eigenvalue weighted by molar-refractivity contribution is 6.39. The number of aryl methyl sites for hydroxylation is 1. The van der Waals surface area contributed by atoms with E-state index >= 15 is 0 Å². The molecule has 0 fully saturated rings. The molecular weight excluding hydrogens is 313 g/mol. The number of hydrogen-bond donors (Lipinski definition) is 3. The topological polar surface area (TPSA) is 99.8 Å². The third-order valence-electron chi connectivity index (χ3n) is 3.43. The van der Waals surface area contributed by atoms with Crippen molar-refractivity contribution in [2.75, 3.05) is 5.32 Å². The molecule has 0 radical (unpaired) electrons. The minimum atomic E-state index is -0.806. The van der Waals surface area contributed by atoms with Crippen molar-refractivity contribution in [1.82, 2.24) is 20.5 Å². The second-order valence-electron chi connectivity index (χ2n) is 5.21. The van der Waals surface area contributed by atoms with Crippen LogP contribution in [0.3, 0.4) is 0 Å². The summed E-state index contributed by atoms with van der Waals surface area (Å²) in [5, 5.41) is 12.5. The number of nitrogens with one attached hydrogen (secondary N) is 3. The molecule has 0 aliphatic heterocycles. The van der Waals surface area contributed by atoms with Crippen molar-refractivity contribution in [3.8, 4) is 0 Å². The Kier molecular flexibility index (Phi) is 4.19. The van der Waals surface area contributed by atoms with E-state index in [1.54, 1.807) is 6.07 Å². The van der Waals surface area contributed by atoms with Gasteiger partial charge in [-0.2, -0.15) is 5.10 Å². The minimum absolute atomic E-state index is 0.130. The lowest BCUT2D eigenvalue weighted by molar-refractivity contribution is -0.136. The number of pyridine rings is 1. The predicted octanol–water partition coefficient (Wildman–Crippen LogP) is 1.66. The number of aromatic amines is 1. The number of rotatable bonds is 3. The summed E-state index contributed by atoms with van der Waals surface area (Å²) in [7, 11) is 0. The molecule has 2 heterocycles. The highest BCUT2D eigenvalue weighted by atomic mass is 19.1. The number of nitrogens with zero attached hydrogens (tertiary/aromatic N) is 2. The van der Waals surface area contributed by atoms with Crippen molar-refractivity contribution in [2.45, 2.75) is 13.5 Å². The molecule has 3 N–H and O–H groups in total. The van der Waals surface area contributed by atoms with Crippen molar-refractivity contribution < 1.29 is 14.0 Å². The van der Waals surface area contributed by atoms with Gasteiger partial charge in [-0.3, -0.25) is 14.7 Å². The van der Waals surface area contributed by atoms with Crippen LogP contribution in [-0.4, -0.2) is 27.0 Å². The summed E-state index contributed by atoms with van der Waals surface area (Å²) in [6, 6.07) is 7.33. The lowest BCUT2D eigenvalue weighted by Crippen LogP contribution is -2.34. The number of anilines is 1. The maximum absolute atomic E-state index is 12.8. The molecule has 2 amide bonds. The van der Waals surface area contributed by atoms with Crippen LogP contribution in [0, 0.1) is 12.7 Å². The standard InChI is InChI=1S/C16H14FN5O2/c1-9-13-6-12(8-18-14(13)22-21-9)20-16(24)15(23)19-7-10-2-4-11(17)5-3-10/h2-6,8H,7H2,1H3,(H,19,23)(H,20,24)(H,18,21,22). The molecule has 8 heteroatoms. The van der Waals surface area contributed by atoms with Gasteiger partial charge >= 0.3 is 11.8 Å². The number of aromatic nitrogens is 3. The molecule has 3 aromatic rings. The number of fused-ring (bicyclic) bond motifs is 1. The summed E-state index contributed by atoms with van der Waals surface area (Å²) in [4.78, 5) is 27.8. The van der Waals surface area contributed by atoms with Gasteiger partial charge in [-0.15, -0.1) is 0 Å². The second-order valence-corrected chi connectivity index (χ2v) is 5.21. The summed E-state index contributed by atoms with van der Waals surface area (Å²) >= 11 is 0. The molecule has 0 unspecified atom stereocenters. The van der Waals surface area contributed by atoms with Gasteiger partial charge in [0.15, 0.2) is 5.65 Å². The first-order valence-electron chi connectivity index (χ1n) is 7.17. The van der Waals surface area contributed by atoms with Crippen LogP contribution in [0.1, 0.15) is 11.3 Å². The van der Waals surface area contributed by atoms with Gasteiger partial charge in [-0.05, 0) is 30.7 Å². The van der Waals surface area contributed by atoms with Crippen LogP contribution in [-0.2, 0) is 16.1 Å². The van der Waals surface area contributed by atoms with Gasteiger partial charge in [-0.25, -0.2) is 9.37 Å². The second kappa shape index (κ2) is 6.45. The van der Waals surface area contributed by atoms with Gasteiger partial charge < -0.3 is 10.6 Å². The zero-order valence-electron chi connectivity index (χ0n) is 12.8. The first kappa shape index (κ1) is 15.6. The molecular formula is C16H14FN5O2. The molecule has 1 aromatic carbocycles. The Morgan fingerprint density at radius 2 is 1.96 bits per heavy atom. The van der Waals surface area contributed by atoms with Gasteiger partial charge in [-0.1, -0.05) is 12.1 Å². The largest absolute Gasteiger partial charge is 0.344 e. The molecule has 0 saturated carbocycles. The van der Waals surface area contributed by atoms with E-state index in [4.69, 9.17) is 0 Å². The third-order valence-corrected chi connectivity index (χ3v) is 3.43. The molecule has 0 bridgehead atoms. The smallest absolute Gasteiger partial charge is 0.313 e. The van der Waals surface area contributed by atoms with Crippen LogP contribution in [0.25, 0.3) is 11.0 Å². The molecule has 122 valence electrons.